The second kappa shape index (κ2) is 8.91. The highest BCUT2D eigenvalue weighted by molar-refractivity contribution is 7.93. The van der Waals surface area contributed by atoms with Crippen LogP contribution in [0.1, 0.15) is 54.4 Å². The number of nitrogens with zero attached hydrogens (tertiary/aromatic N) is 2. The maximum absolute atomic E-state index is 13.1. The largest absolute Gasteiger partial charge is 0.493 e. The van der Waals surface area contributed by atoms with Crippen molar-refractivity contribution >= 4 is 15.6 Å². The molecule has 2 heterocycles. The molecule has 0 saturated heterocycles. The number of hydrogen-bond donors (Lipinski definition) is 1. The van der Waals surface area contributed by atoms with Crippen LogP contribution in [0, 0.1) is 5.92 Å². The summed E-state index contributed by atoms with van der Waals surface area (Å²) in [4.78, 5) is 13.1. The number of hydrogen-bond acceptors (Lipinski definition) is 6. The highest BCUT2D eigenvalue weighted by Gasteiger charge is 2.50. The fraction of sp³-hybridized carbons (Fsp3) is 0.407. The average Bonchev–Trinajstić information content (AvgIpc) is 3.46. The van der Waals surface area contributed by atoms with E-state index in [9.17, 15) is 18.3 Å². The van der Waals surface area contributed by atoms with Gasteiger partial charge in [-0.25, -0.2) is 8.42 Å². The van der Waals surface area contributed by atoms with E-state index in [1.807, 2.05) is 48.0 Å². The quantitative estimate of drug-likeness (QED) is 0.475. The number of carbonyl (C=O) groups excluding carboxylic acids is 1. The standard InChI is InChI=1S/C27H30N2O5S/c1-3-29-20(10-13-28-29)14-19-16-34-25-15-18(8-9-23(25)26(19)31)21-6-4-5-7-22(21)24(30)17-35(32,33)27(2)11-12-27/h4-10,13,15,19,26,31H,3,11-12,14,16-17H2,1-2H3/t19-,26+/m0/s1. The molecule has 7 nitrogen and oxygen atoms in total. The number of aromatic nitrogens is 2. The third-order valence-corrected chi connectivity index (χ3v) is 9.92. The van der Waals surface area contributed by atoms with Gasteiger partial charge < -0.3 is 9.84 Å². The Labute approximate surface area is 205 Å². The van der Waals surface area contributed by atoms with Gasteiger partial charge in [0.2, 0.25) is 0 Å². The van der Waals surface area contributed by atoms with Crippen LogP contribution in [-0.2, 0) is 22.8 Å². The molecule has 1 aromatic heterocycles. The first-order valence-electron chi connectivity index (χ1n) is 12.0. The lowest BCUT2D eigenvalue weighted by molar-refractivity contribution is 0.0498. The van der Waals surface area contributed by atoms with Gasteiger partial charge in [0.25, 0.3) is 0 Å². The lowest BCUT2D eigenvalue weighted by atomic mass is 9.88. The van der Waals surface area contributed by atoms with Crippen LogP contribution in [-0.4, -0.2) is 46.2 Å². The van der Waals surface area contributed by atoms with Gasteiger partial charge in [-0.15, -0.1) is 0 Å². The number of benzene rings is 2. The molecule has 2 atom stereocenters. The monoisotopic (exact) mass is 494 g/mol. The van der Waals surface area contributed by atoms with E-state index in [2.05, 4.69) is 5.10 Å². The Bertz CT molecular complexity index is 1370. The third-order valence-electron chi connectivity index (χ3n) is 7.37. The van der Waals surface area contributed by atoms with Gasteiger partial charge in [0, 0.05) is 35.5 Å². The Morgan fingerprint density at radius 1 is 1.20 bits per heavy atom. The van der Waals surface area contributed by atoms with E-state index in [-0.39, 0.29) is 5.92 Å². The molecule has 0 amide bonds. The average molecular weight is 495 g/mol. The van der Waals surface area contributed by atoms with Gasteiger partial charge in [-0.1, -0.05) is 36.4 Å². The summed E-state index contributed by atoms with van der Waals surface area (Å²) in [5, 5.41) is 15.4. The normalized spacial score (nSPS) is 20.7. The Morgan fingerprint density at radius 2 is 1.97 bits per heavy atom. The van der Waals surface area contributed by atoms with Gasteiger partial charge in [-0.2, -0.15) is 5.10 Å². The Kier molecular flexibility index (Phi) is 6.05. The lowest BCUT2D eigenvalue weighted by Crippen LogP contribution is -2.28. The number of fused-ring (bicyclic) bond motifs is 1. The molecule has 1 fully saturated rings. The van der Waals surface area contributed by atoms with Crippen molar-refractivity contribution in [3.63, 3.8) is 0 Å². The molecule has 1 saturated carbocycles. The first-order chi connectivity index (χ1) is 16.7. The summed E-state index contributed by atoms with van der Waals surface area (Å²) in [7, 11) is -3.50. The molecule has 0 radical (unpaired) electrons. The molecule has 1 aliphatic carbocycles. The van der Waals surface area contributed by atoms with Crippen LogP contribution < -0.4 is 4.74 Å². The van der Waals surface area contributed by atoms with Crippen molar-refractivity contribution in [2.75, 3.05) is 12.4 Å². The van der Waals surface area contributed by atoms with Crippen molar-refractivity contribution in [1.29, 1.82) is 0 Å². The van der Waals surface area contributed by atoms with E-state index in [0.29, 0.717) is 48.3 Å². The minimum atomic E-state index is -3.50. The molecule has 3 aromatic rings. The minimum absolute atomic E-state index is 0.0989. The number of carbonyl (C=O) groups is 1. The van der Waals surface area contributed by atoms with Gasteiger partial charge in [0.05, 0.1) is 17.5 Å². The molecule has 0 spiro atoms. The van der Waals surface area contributed by atoms with E-state index in [4.69, 9.17) is 4.74 Å². The zero-order chi connectivity index (χ0) is 24.8. The summed E-state index contributed by atoms with van der Waals surface area (Å²) in [6.45, 7) is 4.87. The smallest absolute Gasteiger partial charge is 0.178 e. The van der Waals surface area contributed by atoms with Crippen molar-refractivity contribution in [1.82, 2.24) is 9.78 Å². The highest BCUT2D eigenvalue weighted by Crippen LogP contribution is 2.44. The summed E-state index contributed by atoms with van der Waals surface area (Å²) in [5.74, 6) is -0.412. The van der Waals surface area contributed by atoms with Gasteiger partial charge >= 0.3 is 0 Å². The molecule has 5 rings (SSSR count). The van der Waals surface area contributed by atoms with Crippen molar-refractivity contribution in [3.05, 3.63) is 71.5 Å². The van der Waals surface area contributed by atoms with Crippen molar-refractivity contribution in [2.24, 2.45) is 5.92 Å². The second-order valence-electron chi connectivity index (χ2n) is 9.79. The molecular formula is C27H30N2O5S. The number of aryl methyl sites for hydroxylation is 1. The first kappa shape index (κ1) is 23.8. The summed E-state index contributed by atoms with van der Waals surface area (Å²) in [6, 6.07) is 14.5. The maximum Gasteiger partial charge on any atom is 0.178 e. The third kappa shape index (κ3) is 4.41. The number of Topliss-reactive ketones (excluding diaryl/α,β-unsaturated/α-hetero) is 1. The summed E-state index contributed by atoms with van der Waals surface area (Å²) in [5.41, 5.74) is 3.55. The zero-order valence-corrected chi connectivity index (χ0v) is 20.8. The molecule has 1 N–H and O–H groups in total. The molecule has 1 aliphatic heterocycles. The van der Waals surface area contributed by atoms with Crippen LogP contribution in [0.3, 0.4) is 0 Å². The van der Waals surface area contributed by atoms with Crippen LogP contribution in [0.15, 0.2) is 54.7 Å². The number of aliphatic hydroxyl groups excluding tert-OH is 1. The predicted octanol–water partition coefficient (Wildman–Crippen LogP) is 4.00. The van der Waals surface area contributed by atoms with Crippen LogP contribution >= 0.6 is 0 Å². The molecule has 184 valence electrons. The zero-order valence-electron chi connectivity index (χ0n) is 20.0. The van der Waals surface area contributed by atoms with E-state index in [0.717, 1.165) is 17.8 Å². The molecule has 0 unspecified atom stereocenters. The summed E-state index contributed by atoms with van der Waals surface area (Å²) >= 11 is 0. The van der Waals surface area contributed by atoms with Crippen LogP contribution in [0.5, 0.6) is 5.75 Å². The predicted molar refractivity (Wildman–Crippen MR) is 133 cm³/mol. The highest BCUT2D eigenvalue weighted by atomic mass is 32.2. The molecule has 0 bridgehead atoms. The maximum atomic E-state index is 13.1. The first-order valence-corrected chi connectivity index (χ1v) is 13.7. The Balaban J connectivity index is 1.39. The van der Waals surface area contributed by atoms with Crippen LogP contribution in [0.4, 0.5) is 0 Å². The van der Waals surface area contributed by atoms with Crippen molar-refractivity contribution in [3.8, 4) is 16.9 Å². The fourth-order valence-electron chi connectivity index (χ4n) is 4.76. The summed E-state index contributed by atoms with van der Waals surface area (Å²) < 4.78 is 32.6. The van der Waals surface area contributed by atoms with Gasteiger partial charge in [0.1, 0.15) is 11.5 Å². The molecule has 35 heavy (non-hydrogen) atoms. The number of rotatable bonds is 8. The molecular weight excluding hydrogens is 464 g/mol. The van der Waals surface area contributed by atoms with Gasteiger partial charge in [-0.3, -0.25) is 9.48 Å². The van der Waals surface area contributed by atoms with E-state index >= 15 is 0 Å². The number of aliphatic hydroxyl groups is 1. The van der Waals surface area contributed by atoms with Crippen LogP contribution in [0.2, 0.25) is 0 Å². The van der Waals surface area contributed by atoms with E-state index < -0.39 is 32.2 Å². The van der Waals surface area contributed by atoms with Crippen molar-refractivity contribution in [2.45, 2.75) is 50.5 Å². The number of ether oxygens (including phenoxy) is 1. The lowest BCUT2D eigenvalue weighted by Gasteiger charge is -2.31. The van der Waals surface area contributed by atoms with Crippen molar-refractivity contribution < 1.29 is 23.1 Å². The molecule has 2 aliphatic rings. The molecule has 8 heteroatoms. The van der Waals surface area contributed by atoms with Gasteiger partial charge in [-0.05, 0) is 56.4 Å². The minimum Gasteiger partial charge on any atom is -0.493 e. The second-order valence-corrected chi connectivity index (χ2v) is 12.3. The van der Waals surface area contributed by atoms with Crippen LogP contribution in [0.25, 0.3) is 11.1 Å². The summed E-state index contributed by atoms with van der Waals surface area (Å²) in [6.07, 6.45) is 2.95. The number of sulfone groups is 1. The van der Waals surface area contributed by atoms with E-state index in [1.165, 1.54) is 0 Å². The topological polar surface area (TPSA) is 98.5 Å². The fourth-order valence-corrected chi connectivity index (χ4v) is 6.33. The SMILES string of the molecule is CCn1nccc1C[C@H]1COc2cc(-c3ccccc3C(=O)CS(=O)(=O)C3(C)CC3)ccc2[C@@H]1O. The number of ketones is 1. The Hall–Kier alpha value is -2.97. The molecule has 2 aromatic carbocycles. The van der Waals surface area contributed by atoms with Gasteiger partial charge in [0.15, 0.2) is 15.6 Å². The van der Waals surface area contributed by atoms with E-state index in [1.54, 1.807) is 25.3 Å². The Morgan fingerprint density at radius 3 is 2.71 bits per heavy atom.